The van der Waals surface area contributed by atoms with Crippen molar-refractivity contribution in [2.45, 2.75) is 178 Å². The molecule has 12 unspecified atom stereocenters. The molecule has 0 bridgehead atoms. The molecule has 4 rings (SSSR count). The van der Waals surface area contributed by atoms with Gasteiger partial charge in [0.2, 0.25) is 0 Å². The first-order chi connectivity index (χ1) is 37.0. The van der Waals surface area contributed by atoms with E-state index in [1.165, 1.54) is 7.11 Å². The number of hydrogen-bond donors (Lipinski definition) is 11. The molecule has 32 nitrogen and oxygen atoms in total. The molecule has 0 saturated carbocycles. The van der Waals surface area contributed by atoms with Crippen molar-refractivity contribution < 1.29 is 125 Å². The van der Waals surface area contributed by atoms with Gasteiger partial charge in [-0.1, -0.05) is 0 Å². The zero-order chi connectivity index (χ0) is 59.2. The van der Waals surface area contributed by atoms with Crippen LogP contribution in [0.3, 0.4) is 0 Å². The summed E-state index contributed by atoms with van der Waals surface area (Å²) in [5.41, 5.74) is 0. The first-order valence-corrected chi connectivity index (χ1v) is 25.2. The molecule has 446 valence electrons. The number of methoxy groups -OCH3 is 1. The second kappa shape index (κ2) is 30.3. The highest BCUT2D eigenvalue weighted by Gasteiger charge is 2.55. The summed E-state index contributed by atoms with van der Waals surface area (Å²) in [4.78, 5) is 98.0. The molecule has 4 fully saturated rings. The summed E-state index contributed by atoms with van der Waals surface area (Å²) in [6.07, 6.45) is -29.5. The topological polar surface area (TPSA) is 430 Å². The molecule has 35 heteroatoms. The highest BCUT2D eigenvalue weighted by molar-refractivity contribution is 7.80. The van der Waals surface area contributed by atoms with Gasteiger partial charge in [-0.05, 0) is 36.7 Å². The lowest BCUT2D eigenvalue weighted by molar-refractivity contribution is -0.288. The van der Waals surface area contributed by atoms with Crippen LogP contribution in [0, 0.1) is 0 Å². The summed E-state index contributed by atoms with van der Waals surface area (Å²) in [6.45, 7) is 6.40. The van der Waals surface area contributed by atoms with Gasteiger partial charge < -0.3 is 119 Å². The minimum atomic E-state index is -1.84. The van der Waals surface area contributed by atoms with Gasteiger partial charge in [0.25, 0.3) is 0 Å². The van der Waals surface area contributed by atoms with E-state index in [1.807, 2.05) is 0 Å². The fourth-order valence-corrected chi connectivity index (χ4v) is 9.12. The Bertz CT molecular complexity index is 2220. The highest BCUT2D eigenvalue weighted by Crippen LogP contribution is 2.31. The van der Waals surface area contributed by atoms with Crippen LogP contribution in [0.1, 0.15) is 55.4 Å². The molecule has 0 amide bonds. The van der Waals surface area contributed by atoms with E-state index in [0.29, 0.717) is 0 Å². The Morgan fingerprint density at radius 2 is 0.747 bits per heavy atom. The molecule has 4 saturated heterocycles. The van der Waals surface area contributed by atoms with Crippen LogP contribution in [0.4, 0.5) is 0 Å². The summed E-state index contributed by atoms with van der Waals surface area (Å²) in [5.74, 6) is -6.95. The Kier molecular flexibility index (Phi) is 25.3. The average molecular weight is 1190 g/mol. The number of nitrogens with one attached hydrogen (secondary N) is 6. The third-order valence-electron chi connectivity index (χ3n) is 11.7. The van der Waals surface area contributed by atoms with Crippen molar-refractivity contribution >= 4 is 99.7 Å². The van der Waals surface area contributed by atoms with Gasteiger partial charge >= 0.3 is 47.8 Å². The van der Waals surface area contributed by atoms with E-state index in [4.69, 9.17) is 98.2 Å². The van der Waals surface area contributed by atoms with Crippen LogP contribution in [0.15, 0.2) is 0 Å². The fourth-order valence-electron chi connectivity index (χ4n) is 8.47. The summed E-state index contributed by atoms with van der Waals surface area (Å²) in [7, 11) is 1.20. The largest absolute Gasteiger partial charge is 0.463 e. The van der Waals surface area contributed by atoms with Crippen molar-refractivity contribution in [1.82, 2.24) is 31.9 Å². The van der Waals surface area contributed by atoms with Crippen LogP contribution < -0.4 is 31.9 Å². The fraction of sp³-hybridized carbons (Fsp3) is 0.750. The molecule has 0 aromatic carbocycles. The minimum Gasteiger partial charge on any atom is -0.463 e. The Morgan fingerprint density at radius 1 is 0.392 bits per heavy atom. The van der Waals surface area contributed by atoms with Crippen LogP contribution >= 0.6 is 36.7 Å². The molecule has 4 heterocycles. The van der Waals surface area contributed by atoms with Crippen molar-refractivity contribution in [3.8, 4) is 0 Å². The number of aliphatic hydroxyl groups is 5. The smallest absolute Gasteiger partial charge is 0.303 e. The molecule has 4 aliphatic rings. The molecular weight excluding hydrogens is 1120 g/mol. The zero-order valence-corrected chi connectivity index (χ0v) is 46.4. The number of hydrogen-bond acceptors (Lipinski definition) is 29. The van der Waals surface area contributed by atoms with Gasteiger partial charge in [0.05, 0.1) is 6.04 Å². The normalized spacial score (nSPS) is 34.1. The minimum absolute atomic E-state index is 0.268. The number of esters is 8. The number of thiocarbonyl (C=S) groups is 3. The van der Waals surface area contributed by atoms with Crippen LogP contribution in [0.2, 0.25) is 0 Å². The van der Waals surface area contributed by atoms with Gasteiger partial charge in [0.1, 0.15) is 68.1 Å². The van der Waals surface area contributed by atoms with Gasteiger partial charge in [-0.25, -0.2) is 0 Å². The molecule has 0 aromatic rings. The van der Waals surface area contributed by atoms with Gasteiger partial charge in [0, 0.05) is 75.6 Å². The average Bonchev–Trinajstić information content (AvgIpc) is 3.34. The second-order valence-electron chi connectivity index (χ2n) is 17.9. The molecule has 0 aromatic heterocycles. The zero-order valence-electron chi connectivity index (χ0n) is 43.9. The van der Waals surface area contributed by atoms with Crippen molar-refractivity contribution in [2.75, 3.05) is 33.4 Å². The van der Waals surface area contributed by atoms with Crippen LogP contribution in [-0.2, 0) is 99.9 Å². The quantitative estimate of drug-likeness (QED) is 0.0326. The van der Waals surface area contributed by atoms with E-state index in [2.05, 4.69) is 31.9 Å². The molecular formula is C44H66N6O26S3. The number of carbonyl (C=O) groups excluding carboxylic acids is 8. The molecule has 0 aliphatic carbocycles. The van der Waals surface area contributed by atoms with Crippen LogP contribution in [-0.4, -0.2) is 245 Å². The third-order valence-corrected chi connectivity index (χ3v) is 12.4. The molecule has 79 heavy (non-hydrogen) atoms. The molecule has 0 spiro atoms. The number of rotatable bonds is 19. The molecule has 11 N–H and O–H groups in total. The van der Waals surface area contributed by atoms with Gasteiger partial charge in [-0.2, -0.15) is 0 Å². The van der Waals surface area contributed by atoms with Gasteiger partial charge in [-0.3, -0.25) is 38.4 Å². The maximum absolute atomic E-state index is 12.5. The molecule has 4 aliphatic heterocycles. The van der Waals surface area contributed by atoms with Crippen molar-refractivity contribution in [1.29, 1.82) is 0 Å². The maximum atomic E-state index is 12.5. The number of carbonyl (C=O) groups is 8. The lowest BCUT2D eigenvalue weighted by Crippen LogP contribution is -2.71. The second-order valence-corrected chi connectivity index (χ2v) is 19.1. The van der Waals surface area contributed by atoms with Crippen molar-refractivity contribution in [3.05, 3.63) is 0 Å². The summed E-state index contributed by atoms with van der Waals surface area (Å²) < 4.78 is 71.8. The summed E-state index contributed by atoms with van der Waals surface area (Å²) >= 11 is 16.7. The Hall–Kier alpha value is -5.57. The van der Waals surface area contributed by atoms with E-state index in [1.54, 1.807) is 0 Å². The lowest BCUT2D eigenvalue weighted by Gasteiger charge is -2.46. The standard InChI is InChI=1S/C44H66N6O26S3/c1-14(51)65-12-24-32(67-16(3)53)34(69-18(5)55)36(71-20(7)57)39(74-24)49-43(78)45-10-22-27(59)26(29(61)38(73-22)48-42(77)46-11-23-28(60)30(62)31(63)41(64-9)76-23)47-44(79)50-40-37(72-21(8)58)35(70-19(6)56)33(68-17(4)54)25(75-40)13-66-15(2)52/h22-41,59-63H,10-13H2,1-9H3,(H2,45,49,78)(H2,46,48,77)(H2,47,50,79)/t22?,23?,24?,25?,26?,27-,28-,29?,30?,31?,32+,33+,34?,35?,36?,37?,38-,39-,40-,41+/m1/s1. The number of aliphatic hydroxyl groups excluding tert-OH is 5. The predicted octanol–water partition coefficient (Wildman–Crippen LogP) is -6.19. The molecule has 0 radical (unpaired) electrons. The van der Waals surface area contributed by atoms with E-state index >= 15 is 0 Å². The first kappa shape index (κ1) is 65.9. The highest BCUT2D eigenvalue weighted by atomic mass is 32.1. The van der Waals surface area contributed by atoms with E-state index < -0.39 is 195 Å². The lowest BCUT2D eigenvalue weighted by atomic mass is 9.95. The third kappa shape index (κ3) is 19.3. The molecule has 20 atom stereocenters. The maximum Gasteiger partial charge on any atom is 0.303 e. The Morgan fingerprint density at radius 3 is 1.14 bits per heavy atom. The SMILES string of the molecule is CO[C@H]1OC(CNC(=S)N[C@@H]2OC(CNC(=S)N[C@@H]3OC(COC(C)=O)[C@H](OC(C)=O)C(OC(C)=O)C3OC(C)=O)[C@@H](O)C(NC(=S)N[C@@H]3OC(COC(C)=O)[C@H](OC(C)=O)C(OC(C)=O)C3OC(C)=O)C2O)[C@@H](O)C(O)C1O. The summed E-state index contributed by atoms with van der Waals surface area (Å²) in [5, 5.41) is 70.5. The Balaban J connectivity index is 1.65. The van der Waals surface area contributed by atoms with Gasteiger partial charge in [0.15, 0.2) is 76.9 Å². The first-order valence-electron chi connectivity index (χ1n) is 24.0. The van der Waals surface area contributed by atoms with Crippen molar-refractivity contribution in [3.63, 3.8) is 0 Å². The Labute approximate surface area is 467 Å². The number of ether oxygens (including phenoxy) is 13. The summed E-state index contributed by atoms with van der Waals surface area (Å²) in [6, 6.07) is -1.59. The predicted molar refractivity (Wildman–Crippen MR) is 268 cm³/mol. The van der Waals surface area contributed by atoms with Crippen LogP contribution in [0.5, 0.6) is 0 Å². The van der Waals surface area contributed by atoms with Crippen molar-refractivity contribution in [2.24, 2.45) is 0 Å². The van der Waals surface area contributed by atoms with E-state index in [9.17, 15) is 63.9 Å². The van der Waals surface area contributed by atoms with Crippen LogP contribution in [0.25, 0.3) is 0 Å². The van der Waals surface area contributed by atoms with Gasteiger partial charge in [-0.15, -0.1) is 0 Å². The monoisotopic (exact) mass is 1190 g/mol. The van der Waals surface area contributed by atoms with E-state index in [0.717, 1.165) is 55.4 Å². The van der Waals surface area contributed by atoms with E-state index in [-0.39, 0.29) is 16.8 Å².